The zero-order valence-electron chi connectivity index (χ0n) is 18.9. The maximum absolute atomic E-state index is 13.6. The number of nitrogens with zero attached hydrogens (tertiary/aromatic N) is 4. The molecule has 2 heterocycles. The molecule has 1 amide bonds. The first-order chi connectivity index (χ1) is 16.2. The van der Waals surface area contributed by atoms with Crippen LogP contribution in [0, 0.1) is 18.8 Å². The lowest BCUT2D eigenvalue weighted by Crippen LogP contribution is -2.13. The number of carbonyl (C=O) groups excluding carboxylic acids is 1. The van der Waals surface area contributed by atoms with Crippen LogP contribution in [0.3, 0.4) is 0 Å². The van der Waals surface area contributed by atoms with Gasteiger partial charge in [0.1, 0.15) is 17.8 Å². The topological polar surface area (TPSA) is 98.7 Å². The number of hydrogen-bond donors (Lipinski definition) is 2. The summed E-state index contributed by atoms with van der Waals surface area (Å²) in [5, 5.41) is 7.72. The van der Waals surface area contributed by atoms with E-state index in [1.807, 2.05) is 13.8 Å². The van der Waals surface area contributed by atoms with Gasteiger partial charge in [0, 0.05) is 35.8 Å². The molecular weight excluding hydrogens is 438 g/mol. The lowest BCUT2D eigenvalue weighted by atomic mass is 10.0. The van der Waals surface area contributed by atoms with Crippen LogP contribution in [0.2, 0.25) is 0 Å². The standard InChI is InChI=1S/C25H22F2N6O/c1-4-33-23-21(22(28)29-14-30-23)20(32-33)11-10-16-12-17(9-8-15(16)2)24(34)31-19-7-5-6-18(13-19)25(3,26)27/h5-9,12-14H,4H2,1-3H3,(H,31,34)(H2,28,29,30). The van der Waals surface area contributed by atoms with Gasteiger partial charge in [0.2, 0.25) is 0 Å². The van der Waals surface area contributed by atoms with Crippen LogP contribution in [0.25, 0.3) is 11.0 Å². The number of aryl methyl sites for hydroxylation is 2. The fourth-order valence-corrected chi connectivity index (χ4v) is 3.44. The fraction of sp³-hybridized carbons (Fsp3) is 0.200. The highest BCUT2D eigenvalue weighted by Crippen LogP contribution is 2.28. The molecule has 9 heteroatoms. The van der Waals surface area contributed by atoms with Crippen molar-refractivity contribution in [3.8, 4) is 11.8 Å². The normalized spacial score (nSPS) is 11.2. The molecule has 0 aliphatic carbocycles. The van der Waals surface area contributed by atoms with E-state index >= 15 is 0 Å². The van der Waals surface area contributed by atoms with Gasteiger partial charge in [-0.25, -0.2) is 23.4 Å². The van der Waals surface area contributed by atoms with Crippen molar-refractivity contribution in [2.45, 2.75) is 33.2 Å². The first-order valence-corrected chi connectivity index (χ1v) is 10.6. The third-order valence-electron chi connectivity index (χ3n) is 5.30. The molecule has 0 aliphatic rings. The van der Waals surface area contributed by atoms with E-state index in [2.05, 4.69) is 32.2 Å². The van der Waals surface area contributed by atoms with Gasteiger partial charge in [-0.2, -0.15) is 5.10 Å². The number of rotatable bonds is 4. The smallest absolute Gasteiger partial charge is 0.270 e. The van der Waals surface area contributed by atoms with E-state index in [4.69, 9.17) is 5.73 Å². The second-order valence-electron chi connectivity index (χ2n) is 7.82. The van der Waals surface area contributed by atoms with E-state index in [9.17, 15) is 13.6 Å². The monoisotopic (exact) mass is 460 g/mol. The van der Waals surface area contributed by atoms with Gasteiger partial charge in [0.05, 0.1) is 5.39 Å². The van der Waals surface area contributed by atoms with Crippen LogP contribution in [0.15, 0.2) is 48.8 Å². The van der Waals surface area contributed by atoms with Crippen LogP contribution in [0.4, 0.5) is 20.3 Å². The second-order valence-corrected chi connectivity index (χ2v) is 7.82. The van der Waals surface area contributed by atoms with Crippen molar-refractivity contribution in [2.75, 3.05) is 11.1 Å². The molecule has 0 saturated heterocycles. The first kappa shape index (κ1) is 22.9. The number of halogens is 2. The molecule has 0 saturated carbocycles. The van der Waals surface area contributed by atoms with Gasteiger partial charge in [-0.05, 0) is 49.6 Å². The molecule has 34 heavy (non-hydrogen) atoms. The second kappa shape index (κ2) is 8.90. The van der Waals surface area contributed by atoms with E-state index in [0.717, 1.165) is 12.5 Å². The molecular formula is C25H22F2N6O. The number of carbonyl (C=O) groups is 1. The van der Waals surface area contributed by atoms with E-state index in [-0.39, 0.29) is 11.3 Å². The van der Waals surface area contributed by atoms with E-state index in [1.54, 1.807) is 28.9 Å². The highest BCUT2D eigenvalue weighted by molar-refractivity contribution is 6.04. The van der Waals surface area contributed by atoms with Crippen molar-refractivity contribution in [1.82, 2.24) is 19.7 Å². The van der Waals surface area contributed by atoms with Crippen LogP contribution in [0.1, 0.15) is 46.6 Å². The first-order valence-electron chi connectivity index (χ1n) is 10.6. The quantitative estimate of drug-likeness (QED) is 0.437. The van der Waals surface area contributed by atoms with Crippen molar-refractivity contribution in [3.63, 3.8) is 0 Å². The van der Waals surface area contributed by atoms with Crippen molar-refractivity contribution >= 4 is 28.4 Å². The third-order valence-corrected chi connectivity index (χ3v) is 5.30. The number of alkyl halides is 2. The molecule has 2 aromatic heterocycles. The molecule has 7 nitrogen and oxygen atoms in total. The minimum absolute atomic E-state index is 0.178. The fourth-order valence-electron chi connectivity index (χ4n) is 3.44. The molecule has 2 aromatic carbocycles. The number of aromatic nitrogens is 4. The largest absolute Gasteiger partial charge is 0.383 e. The van der Waals surface area contributed by atoms with Crippen LogP contribution < -0.4 is 11.1 Å². The Hall–Kier alpha value is -4.32. The summed E-state index contributed by atoms with van der Waals surface area (Å²) in [4.78, 5) is 21.1. The number of nitrogen functional groups attached to an aromatic ring is 1. The predicted molar refractivity (Wildman–Crippen MR) is 127 cm³/mol. The number of benzene rings is 2. The third kappa shape index (κ3) is 4.57. The van der Waals surface area contributed by atoms with Crippen LogP contribution in [0.5, 0.6) is 0 Å². The van der Waals surface area contributed by atoms with Gasteiger partial charge in [0.25, 0.3) is 11.8 Å². The Morgan fingerprint density at radius 2 is 1.97 bits per heavy atom. The molecule has 0 aliphatic heterocycles. The minimum Gasteiger partial charge on any atom is -0.383 e. The Morgan fingerprint density at radius 1 is 1.18 bits per heavy atom. The van der Waals surface area contributed by atoms with Crippen molar-refractivity contribution in [1.29, 1.82) is 0 Å². The molecule has 0 unspecified atom stereocenters. The van der Waals surface area contributed by atoms with Gasteiger partial charge in [-0.1, -0.05) is 24.1 Å². The zero-order valence-corrected chi connectivity index (χ0v) is 18.9. The van der Waals surface area contributed by atoms with Crippen molar-refractivity contribution in [2.24, 2.45) is 0 Å². The van der Waals surface area contributed by atoms with E-state index in [1.165, 1.54) is 24.5 Å². The average molecular weight is 460 g/mol. The van der Waals surface area contributed by atoms with E-state index < -0.39 is 11.8 Å². The number of amides is 1. The summed E-state index contributed by atoms with van der Waals surface area (Å²) >= 11 is 0. The van der Waals surface area contributed by atoms with E-state index in [0.29, 0.717) is 40.2 Å². The van der Waals surface area contributed by atoms with Gasteiger partial charge in [-0.3, -0.25) is 4.79 Å². The van der Waals surface area contributed by atoms with Gasteiger partial charge in [0.15, 0.2) is 5.65 Å². The van der Waals surface area contributed by atoms with Gasteiger partial charge < -0.3 is 11.1 Å². The number of hydrogen-bond acceptors (Lipinski definition) is 5. The van der Waals surface area contributed by atoms with Gasteiger partial charge in [-0.15, -0.1) is 0 Å². The molecule has 0 atom stereocenters. The summed E-state index contributed by atoms with van der Waals surface area (Å²) in [5.41, 5.74) is 9.00. The Kier molecular flexibility index (Phi) is 5.99. The minimum atomic E-state index is -3.00. The average Bonchev–Trinajstić information content (AvgIpc) is 3.17. The van der Waals surface area contributed by atoms with Gasteiger partial charge >= 0.3 is 0 Å². The summed E-state index contributed by atoms with van der Waals surface area (Å²) in [6, 6.07) is 10.7. The van der Waals surface area contributed by atoms with Crippen molar-refractivity contribution < 1.29 is 13.6 Å². The van der Waals surface area contributed by atoms with Crippen LogP contribution in [-0.2, 0) is 12.5 Å². The SMILES string of the molecule is CCn1nc(C#Cc2cc(C(=O)Nc3cccc(C(C)(F)F)c3)ccc2C)c2c(N)ncnc21. The number of nitrogens with two attached hydrogens (primary N) is 1. The van der Waals surface area contributed by atoms with Crippen LogP contribution >= 0.6 is 0 Å². The predicted octanol–water partition coefficient (Wildman–Crippen LogP) is 4.50. The summed E-state index contributed by atoms with van der Waals surface area (Å²) in [5.74, 6) is 2.94. The Bertz CT molecular complexity index is 1460. The maximum Gasteiger partial charge on any atom is 0.270 e. The zero-order chi connectivity index (χ0) is 24.5. The maximum atomic E-state index is 13.6. The Balaban J connectivity index is 1.64. The number of anilines is 2. The lowest BCUT2D eigenvalue weighted by molar-refractivity contribution is 0.0175. The molecule has 0 fully saturated rings. The van der Waals surface area contributed by atoms with Crippen LogP contribution in [-0.4, -0.2) is 25.7 Å². The highest BCUT2D eigenvalue weighted by atomic mass is 19.3. The number of nitrogens with one attached hydrogen (secondary N) is 1. The Morgan fingerprint density at radius 3 is 2.71 bits per heavy atom. The molecule has 172 valence electrons. The lowest BCUT2D eigenvalue weighted by Gasteiger charge is -2.13. The summed E-state index contributed by atoms with van der Waals surface area (Å²) in [6.45, 7) is 5.21. The summed E-state index contributed by atoms with van der Waals surface area (Å²) in [7, 11) is 0. The molecule has 0 radical (unpaired) electrons. The highest BCUT2D eigenvalue weighted by Gasteiger charge is 2.24. The number of fused-ring (bicyclic) bond motifs is 1. The van der Waals surface area contributed by atoms with Crippen molar-refractivity contribution in [3.05, 3.63) is 76.7 Å². The molecule has 4 aromatic rings. The molecule has 3 N–H and O–H groups in total. The summed E-state index contributed by atoms with van der Waals surface area (Å²) in [6.07, 6.45) is 1.38. The molecule has 0 spiro atoms. The molecule has 4 rings (SSSR count). The Labute approximate surface area is 195 Å². The summed E-state index contributed by atoms with van der Waals surface area (Å²) < 4.78 is 28.9. The molecule has 0 bridgehead atoms.